The van der Waals surface area contributed by atoms with Crippen LogP contribution in [0, 0.1) is 18.8 Å². The highest BCUT2D eigenvalue weighted by Gasteiger charge is 2.32. The van der Waals surface area contributed by atoms with E-state index < -0.39 is 27.8 Å². The predicted octanol–water partition coefficient (Wildman–Crippen LogP) is 2.86. The summed E-state index contributed by atoms with van der Waals surface area (Å²) < 4.78 is 32.3. The van der Waals surface area contributed by atoms with E-state index >= 15 is 0 Å². The van der Waals surface area contributed by atoms with Gasteiger partial charge in [0.05, 0.1) is 17.6 Å². The lowest BCUT2D eigenvalue weighted by molar-refractivity contribution is 0.0605. The van der Waals surface area contributed by atoms with Crippen LogP contribution in [0.15, 0.2) is 29.2 Å². The van der Waals surface area contributed by atoms with E-state index in [1.54, 1.807) is 6.92 Å². The fourth-order valence-corrected chi connectivity index (χ4v) is 6.90. The van der Waals surface area contributed by atoms with Gasteiger partial charge in [-0.2, -0.15) is 4.31 Å². The van der Waals surface area contributed by atoms with Crippen LogP contribution in [0.1, 0.15) is 56.2 Å². The molecule has 1 fully saturated rings. The quantitative estimate of drug-likeness (QED) is 0.594. The maximum Gasteiger partial charge on any atom is 0.348 e. The number of nitrogens with two attached hydrogens (primary N) is 1. The Bertz CT molecular complexity index is 1180. The van der Waals surface area contributed by atoms with Gasteiger partial charge in [-0.1, -0.05) is 13.8 Å². The molecular weight excluding hydrogens is 466 g/mol. The van der Waals surface area contributed by atoms with Gasteiger partial charge in [-0.15, -0.1) is 11.3 Å². The highest BCUT2D eigenvalue weighted by Crippen LogP contribution is 2.34. The van der Waals surface area contributed by atoms with E-state index in [1.807, 2.05) is 13.8 Å². The minimum Gasteiger partial charge on any atom is -0.465 e. The van der Waals surface area contributed by atoms with Gasteiger partial charge in [-0.3, -0.25) is 9.59 Å². The molecule has 0 aliphatic carbocycles. The average Bonchev–Trinajstić information content (AvgIpc) is 3.08. The first kappa shape index (κ1) is 24.9. The summed E-state index contributed by atoms with van der Waals surface area (Å²) in [6.07, 6.45) is 0.984. The Morgan fingerprint density at radius 3 is 2.21 bits per heavy atom. The fraction of sp³-hybridized carbons (Fsp3) is 0.409. The molecule has 3 rings (SSSR count). The lowest BCUT2D eigenvalue weighted by atomic mass is 9.94. The van der Waals surface area contributed by atoms with Crippen LogP contribution < -0.4 is 11.1 Å². The van der Waals surface area contributed by atoms with Gasteiger partial charge in [0.25, 0.3) is 11.8 Å². The van der Waals surface area contributed by atoms with Crippen molar-refractivity contribution >= 4 is 44.1 Å². The molecule has 1 saturated heterocycles. The van der Waals surface area contributed by atoms with Crippen molar-refractivity contribution in [3.63, 3.8) is 0 Å². The minimum atomic E-state index is -3.67. The molecule has 1 aromatic heterocycles. The Hall–Kier alpha value is -2.76. The van der Waals surface area contributed by atoms with Crippen LogP contribution in [0.4, 0.5) is 5.00 Å². The van der Waals surface area contributed by atoms with Gasteiger partial charge in [-0.05, 0) is 55.0 Å². The third kappa shape index (κ3) is 5.10. The average molecular weight is 494 g/mol. The zero-order chi connectivity index (χ0) is 24.5. The Kier molecular flexibility index (Phi) is 7.25. The topological polar surface area (TPSA) is 136 Å². The molecule has 2 unspecified atom stereocenters. The van der Waals surface area contributed by atoms with Crippen LogP contribution in [-0.2, 0) is 14.8 Å². The molecule has 1 aliphatic rings. The number of nitrogens with zero attached hydrogens (tertiary/aromatic N) is 1. The van der Waals surface area contributed by atoms with Crippen molar-refractivity contribution in [2.75, 3.05) is 25.5 Å². The molecule has 178 valence electrons. The van der Waals surface area contributed by atoms with E-state index in [0.29, 0.717) is 18.7 Å². The van der Waals surface area contributed by atoms with Gasteiger partial charge in [0.2, 0.25) is 10.0 Å². The summed E-state index contributed by atoms with van der Waals surface area (Å²) in [5.74, 6) is -1.45. The SMILES string of the molecule is COC(=O)c1sc(NC(=O)c2ccc(S(=O)(=O)N3CC(C)CC(C)C3)cc2)c(C(N)=O)c1C. The number of primary amides is 1. The van der Waals surface area contributed by atoms with Crippen LogP contribution >= 0.6 is 11.3 Å². The van der Waals surface area contributed by atoms with Gasteiger partial charge < -0.3 is 15.8 Å². The molecule has 0 bridgehead atoms. The zero-order valence-electron chi connectivity index (χ0n) is 18.9. The number of nitrogens with one attached hydrogen (secondary N) is 1. The molecule has 1 aliphatic heterocycles. The maximum atomic E-state index is 13.0. The normalized spacial score (nSPS) is 19.2. The number of amides is 2. The number of hydrogen-bond donors (Lipinski definition) is 2. The first-order valence-corrected chi connectivity index (χ1v) is 12.6. The Morgan fingerprint density at radius 2 is 1.70 bits per heavy atom. The smallest absolute Gasteiger partial charge is 0.348 e. The largest absolute Gasteiger partial charge is 0.465 e. The number of piperidine rings is 1. The van der Waals surface area contributed by atoms with Crippen molar-refractivity contribution in [1.29, 1.82) is 0 Å². The summed E-state index contributed by atoms with van der Waals surface area (Å²) in [5, 5.41) is 2.72. The summed E-state index contributed by atoms with van der Waals surface area (Å²) in [7, 11) is -2.46. The minimum absolute atomic E-state index is 0.0290. The van der Waals surface area contributed by atoms with Crippen molar-refractivity contribution in [2.45, 2.75) is 32.1 Å². The third-order valence-corrected chi connectivity index (χ3v) is 8.61. The number of methoxy groups -OCH3 is 1. The molecule has 3 N–H and O–H groups in total. The molecule has 9 nitrogen and oxygen atoms in total. The van der Waals surface area contributed by atoms with Crippen molar-refractivity contribution < 1.29 is 27.5 Å². The van der Waals surface area contributed by atoms with E-state index in [-0.39, 0.29) is 37.7 Å². The van der Waals surface area contributed by atoms with E-state index in [2.05, 4.69) is 5.32 Å². The van der Waals surface area contributed by atoms with Crippen LogP contribution in [0.25, 0.3) is 0 Å². The number of thiophene rings is 1. The molecule has 0 spiro atoms. The molecule has 0 radical (unpaired) electrons. The third-order valence-electron chi connectivity index (χ3n) is 5.58. The monoisotopic (exact) mass is 493 g/mol. The second-order valence-electron chi connectivity index (χ2n) is 8.36. The summed E-state index contributed by atoms with van der Waals surface area (Å²) in [6, 6.07) is 5.60. The van der Waals surface area contributed by atoms with Crippen LogP contribution in [0.5, 0.6) is 0 Å². The number of benzene rings is 1. The van der Waals surface area contributed by atoms with Crippen LogP contribution in [-0.4, -0.2) is 50.7 Å². The van der Waals surface area contributed by atoms with E-state index in [0.717, 1.165) is 17.8 Å². The summed E-state index contributed by atoms with van der Waals surface area (Å²) in [4.78, 5) is 36.9. The second-order valence-corrected chi connectivity index (χ2v) is 11.3. The van der Waals surface area contributed by atoms with Gasteiger partial charge in [0.15, 0.2) is 0 Å². The lowest BCUT2D eigenvalue weighted by Gasteiger charge is -2.34. The Morgan fingerprint density at radius 1 is 1.12 bits per heavy atom. The number of sulfonamides is 1. The molecular formula is C22H27N3O6S2. The van der Waals surface area contributed by atoms with Crippen LogP contribution in [0.2, 0.25) is 0 Å². The summed E-state index contributed by atoms with van der Waals surface area (Å²) in [6.45, 7) is 6.53. The molecule has 2 atom stereocenters. The highest BCUT2D eigenvalue weighted by molar-refractivity contribution is 7.89. The van der Waals surface area contributed by atoms with Crippen molar-refractivity contribution in [3.05, 3.63) is 45.8 Å². The zero-order valence-corrected chi connectivity index (χ0v) is 20.5. The predicted molar refractivity (Wildman–Crippen MR) is 125 cm³/mol. The second kappa shape index (κ2) is 9.62. The number of ether oxygens (including phenoxy) is 1. The Labute approximate surface area is 197 Å². The molecule has 1 aromatic carbocycles. The lowest BCUT2D eigenvalue weighted by Crippen LogP contribution is -2.42. The number of rotatable bonds is 6. The molecule has 11 heteroatoms. The molecule has 0 saturated carbocycles. The summed E-state index contributed by atoms with van der Waals surface area (Å²) in [5.41, 5.74) is 5.98. The number of hydrogen-bond acceptors (Lipinski definition) is 7. The molecule has 2 aromatic rings. The molecule has 2 amide bonds. The number of esters is 1. The van der Waals surface area contributed by atoms with Gasteiger partial charge >= 0.3 is 5.97 Å². The number of anilines is 1. The van der Waals surface area contributed by atoms with Crippen LogP contribution in [0.3, 0.4) is 0 Å². The molecule has 33 heavy (non-hydrogen) atoms. The summed E-state index contributed by atoms with van der Waals surface area (Å²) >= 11 is 0.887. The van der Waals surface area contributed by atoms with Crippen molar-refractivity contribution in [2.24, 2.45) is 17.6 Å². The Balaban J connectivity index is 1.83. The van der Waals surface area contributed by atoms with Gasteiger partial charge in [-0.25, -0.2) is 13.2 Å². The van der Waals surface area contributed by atoms with E-state index in [9.17, 15) is 22.8 Å². The van der Waals surface area contributed by atoms with E-state index in [1.165, 1.54) is 35.7 Å². The number of carbonyl (C=O) groups is 3. The fourth-order valence-electron chi connectivity index (χ4n) is 4.09. The van der Waals surface area contributed by atoms with E-state index in [4.69, 9.17) is 10.5 Å². The van der Waals surface area contributed by atoms with Gasteiger partial charge in [0.1, 0.15) is 9.88 Å². The van der Waals surface area contributed by atoms with Gasteiger partial charge in [0, 0.05) is 18.7 Å². The standard InChI is InChI=1S/C22H27N3O6S2/c1-12-9-13(2)11-25(10-12)33(29,30)16-7-5-15(6-8-16)20(27)24-21-17(19(23)26)14(3)18(32-21)22(28)31-4/h5-8,12-13H,9-11H2,1-4H3,(H2,23,26)(H,24,27). The first-order chi connectivity index (χ1) is 15.4. The number of carbonyl (C=O) groups excluding carboxylic acids is 3. The maximum absolute atomic E-state index is 13.0. The van der Waals surface area contributed by atoms with Crippen molar-refractivity contribution in [1.82, 2.24) is 4.31 Å². The highest BCUT2D eigenvalue weighted by atomic mass is 32.2. The van der Waals surface area contributed by atoms with Crippen molar-refractivity contribution in [3.8, 4) is 0 Å². The first-order valence-electron chi connectivity index (χ1n) is 10.4. The molecule has 2 heterocycles.